The zero-order chi connectivity index (χ0) is 19.6. The third-order valence-corrected chi connectivity index (χ3v) is 3.58. The Bertz CT molecular complexity index is 897. The maximum absolute atomic E-state index is 12.5. The van der Waals surface area contributed by atoms with E-state index >= 15 is 0 Å². The molecule has 0 heterocycles. The van der Waals surface area contributed by atoms with Crippen LogP contribution in [0.15, 0.2) is 60.7 Å². The van der Waals surface area contributed by atoms with Crippen LogP contribution < -0.4 is 19.5 Å². The molecule has 0 fully saturated rings. The van der Waals surface area contributed by atoms with Crippen LogP contribution >= 0.6 is 0 Å². The van der Waals surface area contributed by atoms with Crippen LogP contribution in [0, 0.1) is 11.3 Å². The van der Waals surface area contributed by atoms with Crippen LogP contribution in [0.3, 0.4) is 0 Å². The molecule has 0 saturated heterocycles. The molecule has 0 bridgehead atoms. The van der Waals surface area contributed by atoms with Gasteiger partial charge in [-0.3, -0.25) is 4.79 Å². The zero-order valence-corrected chi connectivity index (χ0v) is 15.2. The Balaban J connectivity index is 2.25. The van der Waals surface area contributed by atoms with E-state index in [0.29, 0.717) is 35.1 Å². The summed E-state index contributed by atoms with van der Waals surface area (Å²) in [6.45, 7) is 3.94. The Morgan fingerprint density at radius 3 is 2.56 bits per heavy atom. The van der Waals surface area contributed by atoms with Gasteiger partial charge in [0.15, 0.2) is 11.5 Å². The summed E-state index contributed by atoms with van der Waals surface area (Å²) in [5, 5.41) is 12.1. The van der Waals surface area contributed by atoms with E-state index in [1.165, 1.54) is 20.3 Å². The average molecular weight is 364 g/mol. The molecule has 1 amide bonds. The number of amides is 1. The predicted molar refractivity (Wildman–Crippen MR) is 104 cm³/mol. The second-order valence-corrected chi connectivity index (χ2v) is 5.33. The number of anilines is 1. The van der Waals surface area contributed by atoms with Gasteiger partial charge in [0.05, 0.1) is 19.9 Å². The summed E-state index contributed by atoms with van der Waals surface area (Å²) >= 11 is 0. The third kappa shape index (κ3) is 5.13. The molecule has 2 aromatic rings. The minimum Gasteiger partial charge on any atom is -0.495 e. The Morgan fingerprint density at radius 1 is 1.15 bits per heavy atom. The van der Waals surface area contributed by atoms with Gasteiger partial charge < -0.3 is 19.5 Å². The highest BCUT2D eigenvalue weighted by Gasteiger charge is 2.13. The fourth-order valence-corrected chi connectivity index (χ4v) is 2.29. The van der Waals surface area contributed by atoms with Crippen LogP contribution in [-0.4, -0.2) is 26.7 Å². The Hall–Kier alpha value is -3.72. The first kappa shape index (κ1) is 19.6. The smallest absolute Gasteiger partial charge is 0.266 e. The van der Waals surface area contributed by atoms with Gasteiger partial charge >= 0.3 is 0 Å². The highest BCUT2D eigenvalue weighted by molar-refractivity contribution is 6.10. The van der Waals surface area contributed by atoms with Gasteiger partial charge in [-0.05, 0) is 35.9 Å². The Morgan fingerprint density at radius 2 is 1.89 bits per heavy atom. The standard InChI is InChI=1S/C21H20N2O4/c1-4-11-27-19-10-9-15(13-20(19)26-3)12-16(14-22)21(24)23-17-7-5-6-8-18(17)25-2/h4-10,12-13H,1,11H2,2-3H3,(H,23,24)/b16-12-. The lowest BCUT2D eigenvalue weighted by atomic mass is 10.1. The number of nitrogens with zero attached hydrogens (tertiary/aromatic N) is 1. The number of nitriles is 1. The van der Waals surface area contributed by atoms with Gasteiger partial charge in [0.25, 0.3) is 5.91 Å². The molecule has 0 saturated carbocycles. The van der Waals surface area contributed by atoms with E-state index < -0.39 is 5.91 Å². The number of hydrogen-bond acceptors (Lipinski definition) is 5. The molecule has 0 aromatic heterocycles. The monoisotopic (exact) mass is 364 g/mol. The maximum atomic E-state index is 12.5. The lowest BCUT2D eigenvalue weighted by Crippen LogP contribution is -2.14. The Labute approximate surface area is 158 Å². The van der Waals surface area contributed by atoms with Gasteiger partial charge in [-0.15, -0.1) is 0 Å². The summed E-state index contributed by atoms with van der Waals surface area (Å²) in [5.74, 6) is 1.01. The molecule has 0 atom stereocenters. The van der Waals surface area contributed by atoms with E-state index in [0.717, 1.165) is 0 Å². The summed E-state index contributed by atoms with van der Waals surface area (Å²) in [4.78, 5) is 12.5. The van der Waals surface area contributed by atoms with E-state index in [1.54, 1.807) is 48.5 Å². The van der Waals surface area contributed by atoms with Crippen molar-refractivity contribution in [2.75, 3.05) is 26.1 Å². The van der Waals surface area contributed by atoms with Crippen LogP contribution in [0.4, 0.5) is 5.69 Å². The van der Waals surface area contributed by atoms with E-state index in [2.05, 4.69) is 11.9 Å². The largest absolute Gasteiger partial charge is 0.495 e. The number of benzene rings is 2. The number of carbonyl (C=O) groups is 1. The molecule has 0 radical (unpaired) electrons. The molecule has 0 unspecified atom stereocenters. The third-order valence-electron chi connectivity index (χ3n) is 3.58. The second kappa shape index (κ2) is 9.68. The maximum Gasteiger partial charge on any atom is 0.266 e. The number of para-hydroxylation sites is 2. The number of rotatable bonds is 8. The van der Waals surface area contributed by atoms with Gasteiger partial charge in [-0.25, -0.2) is 0 Å². The lowest BCUT2D eigenvalue weighted by molar-refractivity contribution is -0.112. The van der Waals surface area contributed by atoms with Gasteiger partial charge in [0, 0.05) is 0 Å². The highest BCUT2D eigenvalue weighted by Crippen LogP contribution is 2.29. The normalized spacial score (nSPS) is 10.5. The molecule has 2 aromatic carbocycles. The highest BCUT2D eigenvalue weighted by atomic mass is 16.5. The molecule has 27 heavy (non-hydrogen) atoms. The summed E-state index contributed by atoms with van der Waals surface area (Å²) in [6.07, 6.45) is 3.10. The van der Waals surface area contributed by atoms with Gasteiger partial charge in [-0.1, -0.05) is 30.9 Å². The van der Waals surface area contributed by atoms with Crippen LogP contribution in [-0.2, 0) is 4.79 Å². The SMILES string of the molecule is C=CCOc1ccc(/C=C(/C#N)C(=O)Nc2ccccc2OC)cc1OC. The van der Waals surface area contributed by atoms with Crippen molar-refractivity contribution < 1.29 is 19.0 Å². The van der Waals surface area contributed by atoms with Crippen LogP contribution in [0.5, 0.6) is 17.2 Å². The first-order chi connectivity index (χ1) is 13.1. The summed E-state index contributed by atoms with van der Waals surface area (Å²) in [6, 6.07) is 14.0. The molecular weight excluding hydrogens is 344 g/mol. The summed E-state index contributed by atoms with van der Waals surface area (Å²) < 4.78 is 16.0. The van der Waals surface area contributed by atoms with Crippen LogP contribution in [0.2, 0.25) is 0 Å². The van der Waals surface area contributed by atoms with E-state index in [-0.39, 0.29) is 5.57 Å². The molecule has 0 aliphatic carbocycles. The summed E-state index contributed by atoms with van der Waals surface area (Å²) in [7, 11) is 3.03. The van der Waals surface area contributed by atoms with Crippen LogP contribution in [0.1, 0.15) is 5.56 Å². The number of hydrogen-bond donors (Lipinski definition) is 1. The molecule has 2 rings (SSSR count). The minimum atomic E-state index is -0.534. The molecule has 0 aliphatic rings. The number of carbonyl (C=O) groups excluding carboxylic acids is 1. The topological polar surface area (TPSA) is 80.6 Å². The molecule has 0 spiro atoms. The van der Waals surface area contributed by atoms with Crippen molar-refractivity contribution in [2.45, 2.75) is 0 Å². The average Bonchev–Trinajstić information content (AvgIpc) is 2.71. The van der Waals surface area contributed by atoms with Gasteiger partial charge in [0.1, 0.15) is 24.0 Å². The van der Waals surface area contributed by atoms with E-state index in [1.807, 2.05) is 6.07 Å². The van der Waals surface area contributed by atoms with Crippen molar-refractivity contribution in [1.82, 2.24) is 0 Å². The van der Waals surface area contributed by atoms with E-state index in [4.69, 9.17) is 14.2 Å². The van der Waals surface area contributed by atoms with Crippen molar-refractivity contribution in [3.05, 3.63) is 66.3 Å². The molecular formula is C21H20N2O4. The first-order valence-corrected chi connectivity index (χ1v) is 8.10. The fraction of sp³-hybridized carbons (Fsp3) is 0.143. The quantitative estimate of drug-likeness (QED) is 0.438. The number of methoxy groups -OCH3 is 2. The molecule has 6 heteroatoms. The van der Waals surface area contributed by atoms with E-state index in [9.17, 15) is 10.1 Å². The van der Waals surface area contributed by atoms with Crippen LogP contribution in [0.25, 0.3) is 6.08 Å². The fourth-order valence-electron chi connectivity index (χ4n) is 2.29. The van der Waals surface area contributed by atoms with Crippen molar-refractivity contribution in [2.24, 2.45) is 0 Å². The lowest BCUT2D eigenvalue weighted by Gasteiger charge is -2.11. The van der Waals surface area contributed by atoms with Crippen molar-refractivity contribution in [3.8, 4) is 23.3 Å². The molecule has 1 N–H and O–H groups in total. The molecule has 6 nitrogen and oxygen atoms in total. The van der Waals surface area contributed by atoms with Crippen molar-refractivity contribution in [3.63, 3.8) is 0 Å². The predicted octanol–water partition coefficient (Wildman–Crippen LogP) is 3.81. The van der Waals surface area contributed by atoms with Gasteiger partial charge in [-0.2, -0.15) is 5.26 Å². The Kier molecular flexibility index (Phi) is 7.03. The van der Waals surface area contributed by atoms with Crippen molar-refractivity contribution in [1.29, 1.82) is 5.26 Å². The first-order valence-electron chi connectivity index (χ1n) is 8.10. The molecule has 138 valence electrons. The van der Waals surface area contributed by atoms with Crippen molar-refractivity contribution >= 4 is 17.7 Å². The summed E-state index contributed by atoms with van der Waals surface area (Å²) in [5.41, 5.74) is 1.06. The molecule has 0 aliphatic heterocycles. The number of nitrogens with one attached hydrogen (secondary N) is 1. The van der Waals surface area contributed by atoms with Gasteiger partial charge in [0.2, 0.25) is 0 Å². The zero-order valence-electron chi connectivity index (χ0n) is 15.2. The minimum absolute atomic E-state index is 0.0530. The number of ether oxygens (including phenoxy) is 3. The second-order valence-electron chi connectivity index (χ2n) is 5.33.